The van der Waals surface area contributed by atoms with Gasteiger partial charge in [-0.05, 0) is 36.8 Å². The van der Waals surface area contributed by atoms with Crippen LogP contribution in [0.2, 0.25) is 0 Å². The number of hydrogen-bond donors (Lipinski definition) is 1. The van der Waals surface area contributed by atoms with Crippen LogP contribution in [0.1, 0.15) is 11.4 Å². The summed E-state index contributed by atoms with van der Waals surface area (Å²) in [5.74, 6) is 1.41. The molecular formula is C24H26N6O3S. The molecule has 0 saturated carbocycles. The van der Waals surface area contributed by atoms with Gasteiger partial charge >= 0.3 is 5.69 Å². The SMILES string of the molecule is C=CCn1c(COc2ccccc2C)nnc1SCC(=O)Nc1ccc2c(c1)n(C)c(=O)n2C. The molecule has 1 N–H and O–H groups in total. The monoisotopic (exact) mass is 478 g/mol. The molecule has 9 nitrogen and oxygen atoms in total. The van der Waals surface area contributed by atoms with Crippen molar-refractivity contribution in [2.75, 3.05) is 11.1 Å². The minimum absolute atomic E-state index is 0.113. The van der Waals surface area contributed by atoms with Crippen LogP contribution in [0.3, 0.4) is 0 Å². The number of imidazole rings is 1. The second-order valence-electron chi connectivity index (χ2n) is 7.79. The predicted molar refractivity (Wildman–Crippen MR) is 133 cm³/mol. The Morgan fingerprint density at radius 2 is 1.91 bits per heavy atom. The van der Waals surface area contributed by atoms with Crippen molar-refractivity contribution in [2.45, 2.75) is 25.2 Å². The largest absolute Gasteiger partial charge is 0.485 e. The first-order chi connectivity index (χ1) is 16.4. The molecule has 0 atom stereocenters. The number of carbonyl (C=O) groups excluding carboxylic acids is 1. The van der Waals surface area contributed by atoms with Crippen molar-refractivity contribution >= 4 is 34.4 Å². The summed E-state index contributed by atoms with van der Waals surface area (Å²) in [6.07, 6.45) is 1.75. The van der Waals surface area contributed by atoms with Gasteiger partial charge in [-0.3, -0.25) is 18.5 Å². The van der Waals surface area contributed by atoms with Crippen molar-refractivity contribution in [2.24, 2.45) is 14.1 Å². The van der Waals surface area contributed by atoms with E-state index in [4.69, 9.17) is 4.74 Å². The average Bonchev–Trinajstić information content (AvgIpc) is 3.31. The van der Waals surface area contributed by atoms with Crippen LogP contribution in [0.15, 0.2) is 65.1 Å². The zero-order valence-corrected chi connectivity index (χ0v) is 20.1. The van der Waals surface area contributed by atoms with E-state index >= 15 is 0 Å². The van der Waals surface area contributed by atoms with Crippen LogP contribution in [-0.4, -0.2) is 35.6 Å². The number of ether oxygens (including phenoxy) is 1. The average molecular weight is 479 g/mol. The third-order valence-corrected chi connectivity index (χ3v) is 6.41. The molecule has 0 aliphatic heterocycles. The summed E-state index contributed by atoms with van der Waals surface area (Å²) in [7, 11) is 3.43. The molecule has 10 heteroatoms. The number of fused-ring (bicyclic) bond motifs is 1. The Morgan fingerprint density at radius 3 is 2.68 bits per heavy atom. The number of nitrogens with zero attached hydrogens (tertiary/aromatic N) is 5. The van der Waals surface area contributed by atoms with E-state index in [-0.39, 0.29) is 24.0 Å². The topological polar surface area (TPSA) is 96.0 Å². The first-order valence-corrected chi connectivity index (χ1v) is 11.7. The van der Waals surface area contributed by atoms with Crippen LogP contribution in [0, 0.1) is 6.92 Å². The molecule has 0 aliphatic rings. The molecule has 2 aromatic heterocycles. The zero-order chi connectivity index (χ0) is 24.2. The standard InChI is InChI=1S/C24H26N6O3S/c1-5-12-30-21(14-33-20-9-7-6-8-16(20)2)26-27-23(30)34-15-22(31)25-17-10-11-18-19(13-17)29(4)24(32)28(18)3/h5-11,13H,1,12,14-15H2,2-4H3,(H,25,31). The Labute approximate surface area is 201 Å². The molecule has 0 aliphatic carbocycles. The Morgan fingerprint density at radius 1 is 1.15 bits per heavy atom. The Bertz CT molecular complexity index is 1420. The summed E-state index contributed by atoms with van der Waals surface area (Å²) in [6.45, 7) is 6.55. The van der Waals surface area contributed by atoms with Gasteiger partial charge in [-0.15, -0.1) is 16.8 Å². The van der Waals surface area contributed by atoms with Gasteiger partial charge in [-0.25, -0.2) is 4.79 Å². The molecule has 0 spiro atoms. The van der Waals surface area contributed by atoms with Gasteiger partial charge < -0.3 is 10.1 Å². The fraction of sp³-hybridized carbons (Fsp3) is 0.250. The number of aryl methyl sites for hydroxylation is 3. The van der Waals surface area contributed by atoms with E-state index in [2.05, 4.69) is 22.1 Å². The van der Waals surface area contributed by atoms with E-state index in [1.807, 2.05) is 41.8 Å². The number of rotatable bonds is 9. The van der Waals surface area contributed by atoms with Gasteiger partial charge in [0.1, 0.15) is 12.4 Å². The van der Waals surface area contributed by atoms with E-state index in [9.17, 15) is 9.59 Å². The van der Waals surface area contributed by atoms with Crippen LogP contribution in [-0.2, 0) is 32.0 Å². The highest BCUT2D eigenvalue weighted by atomic mass is 32.2. The maximum absolute atomic E-state index is 12.6. The van der Waals surface area contributed by atoms with Crippen LogP contribution < -0.4 is 15.7 Å². The number of nitrogens with one attached hydrogen (secondary N) is 1. The molecule has 2 aromatic carbocycles. The fourth-order valence-corrected chi connectivity index (χ4v) is 4.38. The van der Waals surface area contributed by atoms with Crippen molar-refractivity contribution in [3.63, 3.8) is 0 Å². The minimum Gasteiger partial charge on any atom is -0.485 e. The lowest BCUT2D eigenvalue weighted by atomic mass is 10.2. The minimum atomic E-state index is -0.184. The molecular weight excluding hydrogens is 452 g/mol. The summed E-state index contributed by atoms with van der Waals surface area (Å²) in [6, 6.07) is 13.2. The summed E-state index contributed by atoms with van der Waals surface area (Å²) >= 11 is 1.29. The molecule has 0 bridgehead atoms. The number of hydrogen-bond acceptors (Lipinski definition) is 6. The maximum Gasteiger partial charge on any atom is 0.328 e. The number of allylic oxidation sites excluding steroid dienone is 1. The molecule has 0 fully saturated rings. The van der Waals surface area contributed by atoms with Crippen LogP contribution in [0.25, 0.3) is 11.0 Å². The van der Waals surface area contributed by atoms with Gasteiger partial charge in [0.2, 0.25) is 5.91 Å². The predicted octanol–water partition coefficient (Wildman–Crippen LogP) is 3.27. The second-order valence-corrected chi connectivity index (χ2v) is 8.74. The Kier molecular flexibility index (Phi) is 6.87. The molecule has 1 amide bonds. The van der Waals surface area contributed by atoms with Crippen LogP contribution >= 0.6 is 11.8 Å². The zero-order valence-electron chi connectivity index (χ0n) is 19.3. The van der Waals surface area contributed by atoms with Crippen molar-refractivity contribution in [3.8, 4) is 5.75 Å². The maximum atomic E-state index is 12.6. The highest BCUT2D eigenvalue weighted by molar-refractivity contribution is 7.99. The lowest BCUT2D eigenvalue weighted by molar-refractivity contribution is -0.113. The first-order valence-electron chi connectivity index (χ1n) is 10.7. The molecule has 0 radical (unpaired) electrons. The molecule has 176 valence electrons. The summed E-state index contributed by atoms with van der Waals surface area (Å²) in [4.78, 5) is 24.7. The number of anilines is 1. The Hall–Kier alpha value is -3.79. The summed E-state index contributed by atoms with van der Waals surface area (Å²) in [5, 5.41) is 12.0. The van der Waals surface area contributed by atoms with Gasteiger partial charge in [-0.1, -0.05) is 36.0 Å². The molecule has 0 unspecified atom stereocenters. The van der Waals surface area contributed by atoms with Crippen LogP contribution in [0.4, 0.5) is 5.69 Å². The molecule has 4 aromatic rings. The number of thioether (sulfide) groups is 1. The number of benzene rings is 2. The van der Waals surface area contributed by atoms with Gasteiger partial charge in [0.25, 0.3) is 0 Å². The van der Waals surface area contributed by atoms with Gasteiger partial charge in [0.05, 0.1) is 16.8 Å². The highest BCUT2D eigenvalue weighted by Crippen LogP contribution is 2.22. The van der Waals surface area contributed by atoms with Gasteiger partial charge in [-0.2, -0.15) is 0 Å². The normalized spacial score (nSPS) is 11.0. The van der Waals surface area contributed by atoms with Crippen molar-refractivity contribution in [3.05, 3.63) is 77.0 Å². The first kappa shape index (κ1) is 23.4. The van der Waals surface area contributed by atoms with Crippen molar-refractivity contribution in [1.82, 2.24) is 23.9 Å². The third kappa shape index (κ3) is 4.76. The van der Waals surface area contributed by atoms with Crippen molar-refractivity contribution < 1.29 is 9.53 Å². The number of aromatic nitrogens is 5. The van der Waals surface area contributed by atoms with E-state index in [0.717, 1.165) is 22.3 Å². The van der Waals surface area contributed by atoms with E-state index < -0.39 is 0 Å². The lowest BCUT2D eigenvalue weighted by Gasteiger charge is -2.10. The fourth-order valence-electron chi connectivity index (χ4n) is 3.62. The number of para-hydroxylation sites is 1. The molecule has 34 heavy (non-hydrogen) atoms. The van der Waals surface area contributed by atoms with E-state index in [1.54, 1.807) is 41.4 Å². The summed E-state index contributed by atoms with van der Waals surface area (Å²) in [5.41, 5.74) is 3.11. The molecule has 0 saturated heterocycles. The second kappa shape index (κ2) is 10.0. The van der Waals surface area contributed by atoms with Gasteiger partial charge in [0.15, 0.2) is 11.0 Å². The summed E-state index contributed by atoms with van der Waals surface area (Å²) < 4.78 is 10.9. The third-order valence-electron chi connectivity index (χ3n) is 5.44. The smallest absolute Gasteiger partial charge is 0.328 e. The van der Waals surface area contributed by atoms with E-state index in [1.165, 1.54) is 11.8 Å². The molecule has 2 heterocycles. The molecule has 4 rings (SSSR count). The van der Waals surface area contributed by atoms with Crippen LogP contribution in [0.5, 0.6) is 5.75 Å². The highest BCUT2D eigenvalue weighted by Gasteiger charge is 2.15. The lowest BCUT2D eigenvalue weighted by Crippen LogP contribution is -2.19. The number of amides is 1. The van der Waals surface area contributed by atoms with Crippen molar-refractivity contribution in [1.29, 1.82) is 0 Å². The number of carbonyl (C=O) groups is 1. The Balaban J connectivity index is 1.41. The van der Waals surface area contributed by atoms with E-state index in [0.29, 0.717) is 23.2 Å². The quantitative estimate of drug-likeness (QED) is 0.293. The van der Waals surface area contributed by atoms with Gasteiger partial charge in [0, 0.05) is 26.3 Å².